The van der Waals surface area contributed by atoms with Crippen molar-refractivity contribution in [3.63, 3.8) is 0 Å². The van der Waals surface area contributed by atoms with E-state index in [1.165, 1.54) is 141 Å². The molecule has 0 rings (SSSR count). The highest BCUT2D eigenvalue weighted by Crippen LogP contribution is 2.14. The van der Waals surface area contributed by atoms with Crippen LogP contribution in [0, 0.1) is 0 Å². The minimum Gasteiger partial charge on any atom is -0.462 e. The van der Waals surface area contributed by atoms with Crippen LogP contribution in [-0.4, -0.2) is 37.2 Å². The van der Waals surface area contributed by atoms with E-state index in [9.17, 15) is 14.4 Å². The molecule has 67 heavy (non-hydrogen) atoms. The summed E-state index contributed by atoms with van der Waals surface area (Å²) in [5.74, 6) is -1.00. The molecule has 0 spiro atoms. The number of ether oxygens (including phenoxy) is 3. The Morgan fingerprint density at radius 1 is 0.299 bits per heavy atom. The SMILES string of the molecule is CCCCC/C=C\C/C=C\C/C=C\C/C=C\C/C=C\CCC(=O)OC[C@H](COC(=O)CCCCCCCCC/C=C\CCCCCC)OC(=O)CCCCCCC/C=C\CCCCCCCC. The Morgan fingerprint density at radius 2 is 0.567 bits per heavy atom. The lowest BCUT2D eigenvalue weighted by atomic mass is 10.1. The van der Waals surface area contributed by atoms with E-state index in [1.807, 2.05) is 6.08 Å². The van der Waals surface area contributed by atoms with Crippen LogP contribution in [0.25, 0.3) is 0 Å². The molecule has 384 valence electrons. The maximum absolute atomic E-state index is 12.8. The van der Waals surface area contributed by atoms with Crippen LogP contribution >= 0.6 is 0 Å². The number of allylic oxidation sites excluding steroid dienone is 14. The molecule has 0 unspecified atom stereocenters. The van der Waals surface area contributed by atoms with Gasteiger partial charge in [0, 0.05) is 19.3 Å². The number of hydrogen-bond donors (Lipinski definition) is 0. The van der Waals surface area contributed by atoms with E-state index in [1.54, 1.807) is 0 Å². The second-order valence-electron chi connectivity index (χ2n) is 18.5. The Kier molecular flexibility index (Phi) is 52.4. The third-order valence-electron chi connectivity index (χ3n) is 11.9. The summed E-state index contributed by atoms with van der Waals surface area (Å²) in [6.07, 6.45) is 71.5. The lowest BCUT2D eigenvalue weighted by molar-refractivity contribution is -0.166. The predicted molar refractivity (Wildman–Crippen MR) is 288 cm³/mol. The van der Waals surface area contributed by atoms with Crippen LogP contribution in [0.15, 0.2) is 85.1 Å². The van der Waals surface area contributed by atoms with Crippen molar-refractivity contribution in [1.29, 1.82) is 0 Å². The van der Waals surface area contributed by atoms with Gasteiger partial charge in [-0.25, -0.2) is 0 Å². The van der Waals surface area contributed by atoms with Gasteiger partial charge in [0.15, 0.2) is 6.10 Å². The van der Waals surface area contributed by atoms with E-state index in [-0.39, 0.29) is 37.5 Å². The molecule has 0 saturated heterocycles. The van der Waals surface area contributed by atoms with Crippen molar-refractivity contribution < 1.29 is 28.6 Å². The zero-order valence-corrected chi connectivity index (χ0v) is 43.9. The molecule has 0 aliphatic rings. The van der Waals surface area contributed by atoms with Gasteiger partial charge < -0.3 is 14.2 Å². The molecule has 0 amide bonds. The Morgan fingerprint density at radius 3 is 0.985 bits per heavy atom. The number of carbonyl (C=O) groups is 3. The van der Waals surface area contributed by atoms with Crippen LogP contribution in [-0.2, 0) is 28.6 Å². The summed E-state index contributed by atoms with van der Waals surface area (Å²) < 4.78 is 16.8. The van der Waals surface area contributed by atoms with Gasteiger partial charge in [-0.1, -0.05) is 221 Å². The van der Waals surface area contributed by atoms with Gasteiger partial charge in [0.1, 0.15) is 13.2 Å². The molecular weight excluding hydrogens is 829 g/mol. The summed E-state index contributed by atoms with van der Waals surface area (Å²) in [6, 6.07) is 0. The fourth-order valence-electron chi connectivity index (χ4n) is 7.59. The minimum atomic E-state index is -0.813. The van der Waals surface area contributed by atoms with Gasteiger partial charge in [0.25, 0.3) is 0 Å². The van der Waals surface area contributed by atoms with E-state index >= 15 is 0 Å². The van der Waals surface area contributed by atoms with Gasteiger partial charge >= 0.3 is 17.9 Å². The van der Waals surface area contributed by atoms with Crippen molar-refractivity contribution in [1.82, 2.24) is 0 Å². The van der Waals surface area contributed by atoms with Gasteiger partial charge in [-0.3, -0.25) is 14.4 Å². The molecule has 0 aliphatic carbocycles. The molecule has 0 aromatic rings. The van der Waals surface area contributed by atoms with E-state index in [0.29, 0.717) is 19.3 Å². The fourth-order valence-corrected chi connectivity index (χ4v) is 7.59. The highest BCUT2D eigenvalue weighted by Gasteiger charge is 2.19. The van der Waals surface area contributed by atoms with Gasteiger partial charge in [-0.05, 0) is 109 Å². The number of esters is 3. The molecule has 0 aromatic heterocycles. The first-order valence-electron chi connectivity index (χ1n) is 28.1. The third kappa shape index (κ3) is 53.4. The summed E-state index contributed by atoms with van der Waals surface area (Å²) in [4.78, 5) is 38.1. The highest BCUT2D eigenvalue weighted by atomic mass is 16.6. The van der Waals surface area contributed by atoms with Crippen LogP contribution in [0.3, 0.4) is 0 Å². The summed E-state index contributed by atoms with van der Waals surface area (Å²) in [7, 11) is 0. The predicted octanol–water partition coefficient (Wildman–Crippen LogP) is 18.8. The average Bonchev–Trinajstić information content (AvgIpc) is 3.33. The molecule has 0 heterocycles. The van der Waals surface area contributed by atoms with Gasteiger partial charge in [0.05, 0.1) is 0 Å². The van der Waals surface area contributed by atoms with Crippen molar-refractivity contribution >= 4 is 17.9 Å². The van der Waals surface area contributed by atoms with Crippen LogP contribution in [0.5, 0.6) is 0 Å². The van der Waals surface area contributed by atoms with Gasteiger partial charge in [-0.15, -0.1) is 0 Å². The fraction of sp³-hybridized carbons (Fsp3) is 0.721. The molecule has 0 N–H and O–H groups in total. The number of hydrogen-bond acceptors (Lipinski definition) is 6. The first-order valence-corrected chi connectivity index (χ1v) is 28.1. The monoisotopic (exact) mass is 933 g/mol. The lowest BCUT2D eigenvalue weighted by Gasteiger charge is -2.18. The molecule has 6 heteroatoms. The van der Waals surface area contributed by atoms with Crippen molar-refractivity contribution in [3.8, 4) is 0 Å². The Bertz CT molecular complexity index is 1300. The second-order valence-corrected chi connectivity index (χ2v) is 18.5. The molecule has 6 nitrogen and oxygen atoms in total. The molecule has 0 bridgehead atoms. The second kappa shape index (κ2) is 55.2. The van der Waals surface area contributed by atoms with Crippen LogP contribution in [0.4, 0.5) is 0 Å². The Hall–Kier alpha value is -3.41. The minimum absolute atomic E-state index is 0.105. The van der Waals surface area contributed by atoms with E-state index in [4.69, 9.17) is 14.2 Å². The summed E-state index contributed by atoms with van der Waals surface area (Å²) in [5.41, 5.74) is 0. The summed E-state index contributed by atoms with van der Waals surface area (Å²) in [6.45, 7) is 6.53. The molecule has 0 fully saturated rings. The van der Waals surface area contributed by atoms with Crippen molar-refractivity contribution in [2.45, 2.75) is 271 Å². The summed E-state index contributed by atoms with van der Waals surface area (Å²) >= 11 is 0. The first-order chi connectivity index (χ1) is 33.0. The van der Waals surface area contributed by atoms with Crippen LogP contribution in [0.2, 0.25) is 0 Å². The highest BCUT2D eigenvalue weighted by molar-refractivity contribution is 5.71. The van der Waals surface area contributed by atoms with E-state index in [2.05, 4.69) is 99.8 Å². The maximum atomic E-state index is 12.8. The number of carbonyl (C=O) groups excluding carboxylic acids is 3. The maximum Gasteiger partial charge on any atom is 0.306 e. The molecule has 0 saturated carbocycles. The van der Waals surface area contributed by atoms with Crippen molar-refractivity contribution in [2.75, 3.05) is 13.2 Å². The van der Waals surface area contributed by atoms with Crippen molar-refractivity contribution in [2.24, 2.45) is 0 Å². The third-order valence-corrected chi connectivity index (χ3v) is 11.9. The topological polar surface area (TPSA) is 78.9 Å². The molecule has 1 atom stereocenters. The number of unbranched alkanes of at least 4 members (excludes halogenated alkanes) is 25. The lowest BCUT2D eigenvalue weighted by Crippen LogP contribution is -2.30. The Balaban J connectivity index is 4.51. The number of rotatable bonds is 50. The standard InChI is InChI=1S/C61H104O6/c1-4-7-10-13-16-19-22-25-28-29-30-31-34-36-39-42-45-48-51-54-60(63)66-57-58(67-61(64)55-52-49-46-43-40-37-33-27-24-21-18-15-12-9-6-3)56-65-59(62)53-50-47-44-41-38-35-32-26-23-20-17-14-11-8-5-2/h16,19-20,23,25,27-28,30-31,33,36,39,45,48,58H,4-15,17-18,21-22,24,26,29,32,34-35,37-38,40-44,46-47,49-57H2,1-3H3/b19-16-,23-20-,28-25-,31-30-,33-27-,39-36-,48-45-/t58-/m0/s1. The zero-order chi connectivity index (χ0) is 48.6. The summed E-state index contributed by atoms with van der Waals surface area (Å²) in [5, 5.41) is 0. The zero-order valence-electron chi connectivity index (χ0n) is 43.9. The van der Waals surface area contributed by atoms with Crippen LogP contribution in [0.1, 0.15) is 265 Å². The Labute approximate surface area is 414 Å². The van der Waals surface area contributed by atoms with Gasteiger partial charge in [0.2, 0.25) is 0 Å². The van der Waals surface area contributed by atoms with E-state index < -0.39 is 6.10 Å². The quantitative estimate of drug-likeness (QED) is 0.0262. The van der Waals surface area contributed by atoms with Gasteiger partial charge in [-0.2, -0.15) is 0 Å². The first kappa shape index (κ1) is 63.6. The molecule has 0 aromatic carbocycles. The van der Waals surface area contributed by atoms with Crippen LogP contribution < -0.4 is 0 Å². The smallest absolute Gasteiger partial charge is 0.306 e. The molecular formula is C61H104O6. The van der Waals surface area contributed by atoms with Crippen molar-refractivity contribution in [3.05, 3.63) is 85.1 Å². The molecule has 0 radical (unpaired) electrons. The average molecular weight is 933 g/mol. The largest absolute Gasteiger partial charge is 0.462 e. The van der Waals surface area contributed by atoms with E-state index in [0.717, 1.165) is 77.0 Å². The normalized spacial score (nSPS) is 12.7. The molecule has 0 aliphatic heterocycles.